The lowest BCUT2D eigenvalue weighted by molar-refractivity contribution is -0.141. The highest BCUT2D eigenvalue weighted by Gasteiger charge is 2.51. The molecule has 0 unspecified atom stereocenters. The molecule has 4 nitrogen and oxygen atoms in total. The first-order chi connectivity index (χ1) is 12.8. The van der Waals surface area contributed by atoms with Crippen LogP contribution in [0.15, 0.2) is 40.8 Å². The summed E-state index contributed by atoms with van der Waals surface area (Å²) in [6, 6.07) is 10.8. The molecule has 2 aliphatic heterocycles. The van der Waals surface area contributed by atoms with Crippen LogP contribution < -0.4 is 9.47 Å². The van der Waals surface area contributed by atoms with Crippen molar-refractivity contribution in [2.75, 3.05) is 6.61 Å². The smallest absolute Gasteiger partial charge is 0.198 e. The Hall–Kier alpha value is -2.01. The Morgan fingerprint density at radius 1 is 1.23 bits per heavy atom. The summed E-state index contributed by atoms with van der Waals surface area (Å²) in [6.45, 7) is 2.68. The molecule has 5 rings (SSSR count). The average Bonchev–Trinajstić information content (AvgIpc) is 3.34. The predicted octanol–water partition coefficient (Wildman–Crippen LogP) is 5.35. The van der Waals surface area contributed by atoms with Gasteiger partial charge < -0.3 is 9.47 Å². The predicted molar refractivity (Wildman–Crippen MR) is 104 cm³/mol. The molecule has 26 heavy (non-hydrogen) atoms. The van der Waals surface area contributed by atoms with Crippen molar-refractivity contribution in [2.45, 2.75) is 57.2 Å². The summed E-state index contributed by atoms with van der Waals surface area (Å²) >= 11 is 1.77. The summed E-state index contributed by atoms with van der Waals surface area (Å²) < 4.78 is 12.6. The summed E-state index contributed by atoms with van der Waals surface area (Å²) in [6.07, 6.45) is 6.67. The average molecular weight is 369 g/mol. The van der Waals surface area contributed by atoms with E-state index in [1.165, 1.54) is 35.4 Å². The fraction of sp³-hybridized carbons (Fsp3) is 0.476. The quantitative estimate of drug-likeness (QED) is 0.732. The SMILES string of the molecule is CCOc1cccc2c1OC1(CCCCC1)N1N=C(c3cccs3)C[C@H]21. The number of hydrogen-bond acceptors (Lipinski definition) is 5. The van der Waals surface area contributed by atoms with E-state index in [9.17, 15) is 0 Å². The number of benzene rings is 1. The van der Waals surface area contributed by atoms with Gasteiger partial charge in [-0.25, -0.2) is 5.01 Å². The van der Waals surface area contributed by atoms with Gasteiger partial charge in [0.2, 0.25) is 0 Å². The third-order valence-corrected chi connectivity index (χ3v) is 6.65. The Balaban J connectivity index is 1.61. The molecule has 0 bridgehead atoms. The van der Waals surface area contributed by atoms with Gasteiger partial charge in [0.1, 0.15) is 0 Å². The molecule has 3 heterocycles. The molecule has 1 aromatic heterocycles. The lowest BCUT2D eigenvalue weighted by atomic mass is 9.87. The fourth-order valence-corrected chi connectivity index (χ4v) is 5.29. The van der Waals surface area contributed by atoms with Gasteiger partial charge in [-0.1, -0.05) is 24.6 Å². The fourth-order valence-electron chi connectivity index (χ4n) is 4.57. The molecule has 1 atom stereocenters. The summed E-state index contributed by atoms with van der Waals surface area (Å²) in [5.74, 6) is 1.82. The van der Waals surface area contributed by atoms with Gasteiger partial charge in [-0.3, -0.25) is 0 Å². The Kier molecular flexibility index (Phi) is 3.92. The molecule has 5 heteroatoms. The minimum atomic E-state index is -0.317. The number of ether oxygens (including phenoxy) is 2. The number of fused-ring (bicyclic) bond motifs is 4. The summed E-state index contributed by atoms with van der Waals surface area (Å²) in [5, 5.41) is 9.52. The van der Waals surface area contributed by atoms with Crippen LogP contribution >= 0.6 is 11.3 Å². The van der Waals surface area contributed by atoms with Crippen molar-refractivity contribution in [1.82, 2.24) is 5.01 Å². The van der Waals surface area contributed by atoms with E-state index in [0.29, 0.717) is 6.61 Å². The lowest BCUT2D eigenvalue weighted by Gasteiger charge is -2.49. The van der Waals surface area contributed by atoms with Crippen molar-refractivity contribution < 1.29 is 9.47 Å². The Labute approximate surface area is 158 Å². The van der Waals surface area contributed by atoms with Crippen molar-refractivity contribution in [2.24, 2.45) is 5.10 Å². The third-order valence-electron chi connectivity index (χ3n) is 5.73. The highest BCUT2D eigenvalue weighted by atomic mass is 32.1. The topological polar surface area (TPSA) is 34.1 Å². The molecule has 3 aliphatic rings. The zero-order chi connectivity index (χ0) is 17.6. The van der Waals surface area contributed by atoms with Gasteiger partial charge in [-0.2, -0.15) is 5.10 Å². The van der Waals surface area contributed by atoms with Gasteiger partial charge in [0.05, 0.1) is 23.2 Å². The van der Waals surface area contributed by atoms with Crippen molar-refractivity contribution in [3.8, 4) is 11.5 Å². The summed E-state index contributed by atoms with van der Waals surface area (Å²) in [4.78, 5) is 1.27. The minimum Gasteiger partial charge on any atom is -0.490 e. The molecule has 136 valence electrons. The molecule has 1 spiro atoms. The highest BCUT2D eigenvalue weighted by molar-refractivity contribution is 7.12. The zero-order valence-corrected chi connectivity index (χ0v) is 15.9. The second-order valence-corrected chi connectivity index (χ2v) is 8.25. The first-order valence-electron chi connectivity index (χ1n) is 9.66. The van der Waals surface area contributed by atoms with Crippen LogP contribution in [0, 0.1) is 0 Å². The van der Waals surface area contributed by atoms with Crippen molar-refractivity contribution in [3.63, 3.8) is 0 Å². The van der Waals surface area contributed by atoms with E-state index in [-0.39, 0.29) is 11.8 Å². The van der Waals surface area contributed by atoms with Crippen molar-refractivity contribution in [1.29, 1.82) is 0 Å². The maximum Gasteiger partial charge on any atom is 0.198 e. The second-order valence-electron chi connectivity index (χ2n) is 7.30. The van der Waals surface area contributed by atoms with E-state index in [0.717, 1.165) is 30.8 Å². The standard InChI is InChI=1S/C21H24N2O2S/c1-2-24-18-9-6-8-15-17-14-16(19-10-7-13-26-19)22-23(17)21(25-20(15)18)11-4-3-5-12-21/h6-10,13,17H,2-5,11-12,14H2,1H3/t17-/m1/s1. The maximum atomic E-state index is 6.72. The van der Waals surface area contributed by atoms with E-state index in [2.05, 4.69) is 34.7 Å². The van der Waals surface area contributed by atoms with Gasteiger partial charge in [0.15, 0.2) is 17.2 Å². The number of nitrogens with zero attached hydrogens (tertiary/aromatic N) is 2. The highest BCUT2D eigenvalue weighted by Crippen LogP contribution is 2.53. The van der Waals surface area contributed by atoms with Crippen LogP contribution in [0.3, 0.4) is 0 Å². The molecule has 1 saturated carbocycles. The van der Waals surface area contributed by atoms with Crippen molar-refractivity contribution >= 4 is 17.0 Å². The molecule has 1 fully saturated rings. The first kappa shape index (κ1) is 16.2. The van der Waals surface area contributed by atoms with Crippen LogP contribution in [0.5, 0.6) is 11.5 Å². The van der Waals surface area contributed by atoms with Crippen LogP contribution in [-0.2, 0) is 0 Å². The third kappa shape index (κ3) is 2.44. The molecular formula is C21H24N2O2S. The van der Waals surface area contributed by atoms with E-state index in [1.807, 2.05) is 13.0 Å². The normalized spacial score (nSPS) is 23.2. The van der Waals surface area contributed by atoms with Crippen LogP contribution in [0.25, 0.3) is 0 Å². The molecule has 1 aliphatic carbocycles. The molecule has 0 radical (unpaired) electrons. The monoisotopic (exact) mass is 368 g/mol. The van der Waals surface area contributed by atoms with Gasteiger partial charge >= 0.3 is 0 Å². The number of thiophene rings is 1. The number of hydrogen-bond donors (Lipinski definition) is 0. The molecule has 1 aromatic carbocycles. The van der Waals surface area contributed by atoms with Gasteiger partial charge in [0, 0.05) is 24.8 Å². The van der Waals surface area contributed by atoms with Gasteiger partial charge in [-0.05, 0) is 37.3 Å². The van der Waals surface area contributed by atoms with Crippen LogP contribution in [0.2, 0.25) is 0 Å². The van der Waals surface area contributed by atoms with E-state index in [4.69, 9.17) is 14.6 Å². The number of hydrazone groups is 1. The Morgan fingerprint density at radius 3 is 2.88 bits per heavy atom. The van der Waals surface area contributed by atoms with E-state index < -0.39 is 0 Å². The van der Waals surface area contributed by atoms with Gasteiger partial charge in [-0.15, -0.1) is 11.3 Å². The molecular weight excluding hydrogens is 344 g/mol. The lowest BCUT2D eigenvalue weighted by Crippen LogP contribution is -2.54. The largest absolute Gasteiger partial charge is 0.490 e. The van der Waals surface area contributed by atoms with Gasteiger partial charge in [0.25, 0.3) is 0 Å². The summed E-state index contributed by atoms with van der Waals surface area (Å²) in [5.41, 5.74) is 2.08. The number of rotatable bonds is 3. The maximum absolute atomic E-state index is 6.72. The Bertz CT molecular complexity index is 825. The van der Waals surface area contributed by atoms with Crippen LogP contribution in [-0.4, -0.2) is 23.1 Å². The molecule has 0 saturated heterocycles. The van der Waals surface area contributed by atoms with E-state index in [1.54, 1.807) is 11.3 Å². The van der Waals surface area contributed by atoms with Crippen LogP contribution in [0.4, 0.5) is 0 Å². The zero-order valence-electron chi connectivity index (χ0n) is 15.1. The van der Waals surface area contributed by atoms with Crippen LogP contribution in [0.1, 0.15) is 61.9 Å². The van der Waals surface area contributed by atoms with E-state index >= 15 is 0 Å². The van der Waals surface area contributed by atoms with Crippen molar-refractivity contribution in [3.05, 3.63) is 46.2 Å². The first-order valence-corrected chi connectivity index (χ1v) is 10.5. The second kappa shape index (κ2) is 6.31. The molecule has 2 aromatic rings. The Morgan fingerprint density at radius 2 is 2.12 bits per heavy atom. The number of para-hydroxylation sites is 1. The molecule has 0 amide bonds. The summed E-state index contributed by atoms with van der Waals surface area (Å²) in [7, 11) is 0. The minimum absolute atomic E-state index is 0.245. The molecule has 0 N–H and O–H groups in total.